The molecule has 0 spiro atoms. The third-order valence-corrected chi connectivity index (χ3v) is 3.99. The summed E-state index contributed by atoms with van der Waals surface area (Å²) in [5.41, 5.74) is 0. The van der Waals surface area contributed by atoms with Crippen LogP contribution in [0.4, 0.5) is 8.78 Å². The molecule has 110 valence electrons. The van der Waals surface area contributed by atoms with Gasteiger partial charge in [0.1, 0.15) is 5.75 Å². The van der Waals surface area contributed by atoms with Gasteiger partial charge in [0.2, 0.25) is 0 Å². The molecule has 1 fully saturated rings. The highest BCUT2D eigenvalue weighted by atomic mass is 19.2. The van der Waals surface area contributed by atoms with E-state index in [1.165, 1.54) is 18.9 Å². The van der Waals surface area contributed by atoms with Crippen molar-refractivity contribution in [3.8, 4) is 5.75 Å². The van der Waals surface area contributed by atoms with Gasteiger partial charge in [-0.1, -0.05) is 19.8 Å². The number of hydrogen-bond acceptors (Lipinski definition) is 2. The molecule has 0 amide bonds. The van der Waals surface area contributed by atoms with E-state index in [9.17, 15) is 13.6 Å². The van der Waals surface area contributed by atoms with Gasteiger partial charge in [-0.3, -0.25) is 4.79 Å². The molecular formula is C16H20F2O2. The molecule has 0 aromatic heterocycles. The molecule has 0 heterocycles. The summed E-state index contributed by atoms with van der Waals surface area (Å²) in [5.74, 6) is -1.59. The summed E-state index contributed by atoms with van der Waals surface area (Å²) in [7, 11) is 0. The number of carbonyl (C=O) groups excluding carboxylic acids is 1. The number of halogens is 2. The Morgan fingerprint density at radius 1 is 1.20 bits per heavy atom. The van der Waals surface area contributed by atoms with Gasteiger partial charge in [0.15, 0.2) is 11.6 Å². The van der Waals surface area contributed by atoms with Crippen LogP contribution in [0.3, 0.4) is 0 Å². The number of carbonyl (C=O) groups is 1. The van der Waals surface area contributed by atoms with Crippen molar-refractivity contribution in [1.29, 1.82) is 0 Å². The molecule has 1 saturated carbocycles. The topological polar surface area (TPSA) is 26.3 Å². The highest BCUT2D eigenvalue weighted by Gasteiger charge is 2.27. The molecule has 0 bridgehead atoms. The fourth-order valence-corrected chi connectivity index (χ4v) is 2.83. The SMILES string of the molecule is CCCC1CCC(C(=O)Oc2ccc(F)c(F)c2)CC1. The highest BCUT2D eigenvalue weighted by molar-refractivity contribution is 5.75. The van der Waals surface area contributed by atoms with Crippen LogP contribution >= 0.6 is 0 Å². The first-order valence-electron chi connectivity index (χ1n) is 7.27. The Labute approximate surface area is 118 Å². The Kier molecular flexibility index (Phi) is 5.10. The fraction of sp³-hybridized carbons (Fsp3) is 0.562. The Hall–Kier alpha value is -1.45. The predicted molar refractivity (Wildman–Crippen MR) is 72.3 cm³/mol. The summed E-state index contributed by atoms with van der Waals surface area (Å²) in [6.07, 6.45) is 6.14. The van der Waals surface area contributed by atoms with Crippen molar-refractivity contribution in [1.82, 2.24) is 0 Å². The van der Waals surface area contributed by atoms with Crippen LogP contribution < -0.4 is 4.74 Å². The molecule has 1 aliphatic rings. The van der Waals surface area contributed by atoms with Crippen molar-refractivity contribution in [3.63, 3.8) is 0 Å². The van der Waals surface area contributed by atoms with Crippen molar-refractivity contribution >= 4 is 5.97 Å². The molecule has 20 heavy (non-hydrogen) atoms. The van der Waals surface area contributed by atoms with Gasteiger partial charge in [0.25, 0.3) is 0 Å². The fourth-order valence-electron chi connectivity index (χ4n) is 2.83. The van der Waals surface area contributed by atoms with Crippen LogP contribution in [0.5, 0.6) is 5.75 Å². The van der Waals surface area contributed by atoms with Gasteiger partial charge in [0, 0.05) is 6.07 Å². The average Bonchev–Trinajstić information content (AvgIpc) is 2.44. The lowest BCUT2D eigenvalue weighted by molar-refractivity contribution is -0.140. The molecule has 0 saturated heterocycles. The number of esters is 1. The maximum Gasteiger partial charge on any atom is 0.314 e. The number of hydrogen-bond donors (Lipinski definition) is 0. The molecule has 0 atom stereocenters. The lowest BCUT2D eigenvalue weighted by Gasteiger charge is -2.26. The second-order valence-corrected chi connectivity index (χ2v) is 5.50. The van der Waals surface area contributed by atoms with Gasteiger partial charge in [0.05, 0.1) is 5.92 Å². The Morgan fingerprint density at radius 2 is 1.90 bits per heavy atom. The van der Waals surface area contributed by atoms with Gasteiger partial charge in [-0.2, -0.15) is 0 Å². The zero-order valence-electron chi connectivity index (χ0n) is 11.7. The van der Waals surface area contributed by atoms with E-state index in [-0.39, 0.29) is 17.6 Å². The first kappa shape index (κ1) is 14.9. The lowest BCUT2D eigenvalue weighted by Crippen LogP contribution is -2.25. The average molecular weight is 282 g/mol. The minimum atomic E-state index is -0.998. The second kappa shape index (κ2) is 6.82. The van der Waals surface area contributed by atoms with Gasteiger partial charge >= 0.3 is 5.97 Å². The van der Waals surface area contributed by atoms with Gasteiger partial charge < -0.3 is 4.74 Å². The van der Waals surface area contributed by atoms with Crippen LogP contribution in [-0.4, -0.2) is 5.97 Å². The van der Waals surface area contributed by atoms with E-state index in [0.29, 0.717) is 5.92 Å². The van der Waals surface area contributed by atoms with E-state index in [2.05, 4.69) is 6.92 Å². The Morgan fingerprint density at radius 3 is 2.50 bits per heavy atom. The van der Waals surface area contributed by atoms with Crippen LogP contribution in [0.15, 0.2) is 18.2 Å². The molecule has 0 unspecified atom stereocenters. The summed E-state index contributed by atoms with van der Waals surface area (Å²) in [6.45, 7) is 2.17. The Balaban J connectivity index is 1.88. The van der Waals surface area contributed by atoms with Crippen molar-refractivity contribution in [2.24, 2.45) is 11.8 Å². The predicted octanol–water partition coefficient (Wildman–Crippen LogP) is 4.48. The molecule has 1 aromatic carbocycles. The molecule has 4 heteroatoms. The third kappa shape index (κ3) is 3.78. The molecule has 2 nitrogen and oxygen atoms in total. The van der Waals surface area contributed by atoms with E-state index in [1.54, 1.807) is 0 Å². The van der Waals surface area contributed by atoms with Crippen LogP contribution in [0.2, 0.25) is 0 Å². The van der Waals surface area contributed by atoms with Crippen LogP contribution in [0, 0.1) is 23.5 Å². The van der Waals surface area contributed by atoms with E-state index >= 15 is 0 Å². The molecular weight excluding hydrogens is 262 g/mol. The van der Waals surface area contributed by atoms with Crippen molar-refractivity contribution in [2.45, 2.75) is 45.4 Å². The number of benzene rings is 1. The zero-order chi connectivity index (χ0) is 14.5. The monoisotopic (exact) mass is 282 g/mol. The molecule has 0 radical (unpaired) electrons. The largest absolute Gasteiger partial charge is 0.426 e. The first-order valence-corrected chi connectivity index (χ1v) is 7.27. The molecule has 1 aliphatic carbocycles. The van der Waals surface area contributed by atoms with Crippen LogP contribution in [0.25, 0.3) is 0 Å². The zero-order valence-corrected chi connectivity index (χ0v) is 11.7. The molecule has 1 aromatic rings. The standard InChI is InChI=1S/C16H20F2O2/c1-2-3-11-4-6-12(7-5-11)16(19)20-13-8-9-14(17)15(18)10-13/h8-12H,2-7H2,1H3. The van der Waals surface area contributed by atoms with Gasteiger partial charge in [-0.05, 0) is 43.7 Å². The van der Waals surface area contributed by atoms with Gasteiger partial charge in [-0.15, -0.1) is 0 Å². The maximum absolute atomic E-state index is 13.0. The summed E-state index contributed by atoms with van der Waals surface area (Å²) in [6, 6.07) is 3.16. The summed E-state index contributed by atoms with van der Waals surface area (Å²) in [4.78, 5) is 12.0. The van der Waals surface area contributed by atoms with Crippen molar-refractivity contribution in [2.75, 3.05) is 0 Å². The number of rotatable bonds is 4. The van der Waals surface area contributed by atoms with E-state index in [4.69, 9.17) is 4.74 Å². The first-order chi connectivity index (χ1) is 9.60. The molecule has 0 aliphatic heterocycles. The van der Waals surface area contributed by atoms with Crippen LogP contribution in [-0.2, 0) is 4.79 Å². The van der Waals surface area contributed by atoms with E-state index in [1.807, 2.05) is 0 Å². The maximum atomic E-state index is 13.0. The van der Waals surface area contributed by atoms with Crippen molar-refractivity contribution < 1.29 is 18.3 Å². The minimum Gasteiger partial charge on any atom is -0.426 e. The number of ether oxygens (including phenoxy) is 1. The molecule has 2 rings (SSSR count). The second-order valence-electron chi connectivity index (χ2n) is 5.50. The lowest BCUT2D eigenvalue weighted by atomic mass is 9.80. The quantitative estimate of drug-likeness (QED) is 0.601. The van der Waals surface area contributed by atoms with Gasteiger partial charge in [-0.25, -0.2) is 8.78 Å². The third-order valence-electron chi connectivity index (χ3n) is 3.99. The molecule has 0 N–H and O–H groups in total. The van der Waals surface area contributed by atoms with Crippen LogP contribution in [0.1, 0.15) is 45.4 Å². The highest BCUT2D eigenvalue weighted by Crippen LogP contribution is 2.32. The summed E-state index contributed by atoms with van der Waals surface area (Å²) >= 11 is 0. The van der Waals surface area contributed by atoms with Crippen molar-refractivity contribution in [3.05, 3.63) is 29.8 Å². The summed E-state index contributed by atoms with van der Waals surface area (Å²) < 4.78 is 31.0. The van der Waals surface area contributed by atoms with E-state index in [0.717, 1.165) is 37.8 Å². The summed E-state index contributed by atoms with van der Waals surface area (Å²) in [5, 5.41) is 0. The minimum absolute atomic E-state index is 0.0737. The normalized spacial score (nSPS) is 22.6. The Bertz CT molecular complexity index is 466. The van der Waals surface area contributed by atoms with E-state index < -0.39 is 11.6 Å². The smallest absolute Gasteiger partial charge is 0.314 e.